The van der Waals surface area contributed by atoms with Gasteiger partial charge in [0, 0.05) is 6.42 Å². The highest BCUT2D eigenvalue weighted by Crippen LogP contribution is 2.31. The first-order valence-electron chi connectivity index (χ1n) is 8.20. The highest BCUT2D eigenvalue weighted by molar-refractivity contribution is 5.82. The SMILES string of the molecule is COc1cccc(CCC(=O)NNC(=O)COc2ccccc2F)c1OC. The topological polar surface area (TPSA) is 85.9 Å². The fourth-order valence-corrected chi connectivity index (χ4v) is 2.34. The van der Waals surface area contributed by atoms with Crippen LogP contribution >= 0.6 is 0 Å². The lowest BCUT2D eigenvalue weighted by Gasteiger charge is -2.12. The van der Waals surface area contributed by atoms with Crippen molar-refractivity contribution in [2.75, 3.05) is 20.8 Å². The van der Waals surface area contributed by atoms with E-state index in [0.717, 1.165) is 5.56 Å². The number of hydrazine groups is 1. The number of halogens is 1. The van der Waals surface area contributed by atoms with Gasteiger partial charge < -0.3 is 14.2 Å². The van der Waals surface area contributed by atoms with Crippen molar-refractivity contribution >= 4 is 11.8 Å². The number of aryl methyl sites for hydroxylation is 1. The van der Waals surface area contributed by atoms with Gasteiger partial charge in [0.25, 0.3) is 5.91 Å². The molecule has 0 aliphatic carbocycles. The standard InChI is InChI=1S/C19H21FN2O5/c1-25-16-9-5-6-13(19(16)26-2)10-11-17(23)21-22-18(24)12-27-15-8-4-3-7-14(15)20/h3-9H,10-12H2,1-2H3,(H,21,23)(H,22,24). The van der Waals surface area contributed by atoms with Gasteiger partial charge in [0.1, 0.15) is 0 Å². The van der Waals surface area contributed by atoms with E-state index in [4.69, 9.17) is 14.2 Å². The minimum absolute atomic E-state index is 0.0379. The number of carbonyl (C=O) groups excluding carboxylic acids is 2. The monoisotopic (exact) mass is 376 g/mol. The molecule has 0 aliphatic heterocycles. The molecule has 0 radical (unpaired) electrons. The second-order valence-corrected chi connectivity index (χ2v) is 5.47. The summed E-state index contributed by atoms with van der Waals surface area (Å²) in [5, 5.41) is 0. The van der Waals surface area contributed by atoms with Gasteiger partial charge in [-0.3, -0.25) is 20.4 Å². The van der Waals surface area contributed by atoms with E-state index in [-0.39, 0.29) is 18.1 Å². The van der Waals surface area contributed by atoms with E-state index < -0.39 is 18.3 Å². The molecule has 0 heterocycles. The van der Waals surface area contributed by atoms with Crippen molar-refractivity contribution in [1.29, 1.82) is 0 Å². The molecule has 2 rings (SSSR count). The van der Waals surface area contributed by atoms with Crippen molar-refractivity contribution in [3.8, 4) is 17.2 Å². The second-order valence-electron chi connectivity index (χ2n) is 5.47. The lowest BCUT2D eigenvalue weighted by molar-refractivity contribution is -0.130. The maximum atomic E-state index is 13.4. The number of hydrogen-bond donors (Lipinski definition) is 2. The van der Waals surface area contributed by atoms with Crippen LogP contribution in [0.1, 0.15) is 12.0 Å². The number of amides is 2. The summed E-state index contributed by atoms with van der Waals surface area (Å²) in [5.41, 5.74) is 5.31. The molecule has 0 saturated carbocycles. The van der Waals surface area contributed by atoms with Crippen LogP contribution in [-0.4, -0.2) is 32.6 Å². The number of hydrogen-bond acceptors (Lipinski definition) is 5. The van der Waals surface area contributed by atoms with Gasteiger partial charge in [-0.05, 0) is 30.2 Å². The Kier molecular flexibility index (Phi) is 7.42. The van der Waals surface area contributed by atoms with Gasteiger partial charge in [0.05, 0.1) is 14.2 Å². The third-order valence-corrected chi connectivity index (χ3v) is 3.64. The molecule has 2 amide bonds. The maximum absolute atomic E-state index is 13.4. The molecule has 144 valence electrons. The number of ether oxygens (including phenoxy) is 3. The summed E-state index contributed by atoms with van der Waals surface area (Å²) < 4.78 is 29.0. The Morgan fingerprint density at radius 3 is 2.33 bits per heavy atom. The Labute approximate surface area is 156 Å². The van der Waals surface area contributed by atoms with Gasteiger partial charge in [-0.1, -0.05) is 24.3 Å². The Hall–Kier alpha value is -3.29. The molecule has 2 aromatic carbocycles. The molecule has 0 unspecified atom stereocenters. The van der Waals surface area contributed by atoms with Crippen molar-refractivity contribution < 1.29 is 28.2 Å². The van der Waals surface area contributed by atoms with E-state index in [0.29, 0.717) is 17.9 Å². The molecule has 0 atom stereocenters. The van der Waals surface area contributed by atoms with Crippen LogP contribution in [0.2, 0.25) is 0 Å². The smallest absolute Gasteiger partial charge is 0.276 e. The average Bonchev–Trinajstić information content (AvgIpc) is 2.69. The zero-order valence-corrected chi connectivity index (χ0v) is 15.1. The third kappa shape index (κ3) is 5.88. The van der Waals surface area contributed by atoms with E-state index >= 15 is 0 Å². The van der Waals surface area contributed by atoms with E-state index in [1.165, 1.54) is 32.4 Å². The van der Waals surface area contributed by atoms with Crippen LogP contribution in [0.3, 0.4) is 0 Å². The zero-order chi connectivity index (χ0) is 19.6. The van der Waals surface area contributed by atoms with Crippen LogP contribution in [0.5, 0.6) is 17.2 Å². The van der Waals surface area contributed by atoms with Gasteiger partial charge in [0.2, 0.25) is 5.91 Å². The minimum atomic E-state index is -0.606. The molecule has 0 bridgehead atoms. The fourth-order valence-electron chi connectivity index (χ4n) is 2.34. The Balaban J connectivity index is 1.76. The summed E-state index contributed by atoms with van der Waals surface area (Å²) >= 11 is 0. The van der Waals surface area contributed by atoms with Gasteiger partial charge in [-0.25, -0.2) is 4.39 Å². The normalized spacial score (nSPS) is 10.0. The lowest BCUT2D eigenvalue weighted by Crippen LogP contribution is -2.43. The molecule has 0 aromatic heterocycles. The van der Waals surface area contributed by atoms with Crippen LogP contribution in [-0.2, 0) is 16.0 Å². The molecule has 2 aromatic rings. The summed E-state index contributed by atoms with van der Waals surface area (Å²) in [6.07, 6.45) is 0.520. The molecular weight excluding hydrogens is 355 g/mol. The van der Waals surface area contributed by atoms with Gasteiger partial charge in [-0.2, -0.15) is 0 Å². The van der Waals surface area contributed by atoms with E-state index in [2.05, 4.69) is 10.9 Å². The number of carbonyl (C=O) groups is 2. The van der Waals surface area contributed by atoms with Gasteiger partial charge >= 0.3 is 0 Å². The van der Waals surface area contributed by atoms with Crippen LogP contribution in [0.4, 0.5) is 4.39 Å². The quantitative estimate of drug-likeness (QED) is 0.689. The summed E-state index contributed by atoms with van der Waals surface area (Å²) in [5.74, 6) is -0.459. The van der Waals surface area contributed by atoms with Crippen LogP contribution < -0.4 is 25.1 Å². The molecule has 7 nitrogen and oxygen atoms in total. The number of para-hydroxylation sites is 2. The highest BCUT2D eigenvalue weighted by Gasteiger charge is 2.12. The summed E-state index contributed by atoms with van der Waals surface area (Å²) in [6.45, 7) is -0.426. The molecule has 8 heteroatoms. The number of nitrogens with one attached hydrogen (secondary N) is 2. The summed E-state index contributed by atoms with van der Waals surface area (Å²) in [4.78, 5) is 23.6. The lowest BCUT2D eigenvalue weighted by atomic mass is 10.1. The highest BCUT2D eigenvalue weighted by atomic mass is 19.1. The van der Waals surface area contributed by atoms with Crippen LogP contribution in [0.25, 0.3) is 0 Å². The predicted octanol–water partition coefficient (Wildman–Crippen LogP) is 2.00. The first kappa shape index (κ1) is 20.0. The second kappa shape index (κ2) is 10.0. The van der Waals surface area contributed by atoms with Crippen LogP contribution in [0, 0.1) is 5.82 Å². The molecule has 27 heavy (non-hydrogen) atoms. The largest absolute Gasteiger partial charge is 0.493 e. The Bertz CT molecular complexity index is 797. The maximum Gasteiger partial charge on any atom is 0.276 e. The van der Waals surface area contributed by atoms with Crippen molar-refractivity contribution in [2.24, 2.45) is 0 Å². The minimum Gasteiger partial charge on any atom is -0.493 e. The van der Waals surface area contributed by atoms with E-state index in [1.54, 1.807) is 18.2 Å². The molecule has 0 aliphatic rings. The Morgan fingerprint density at radius 2 is 1.63 bits per heavy atom. The van der Waals surface area contributed by atoms with Crippen molar-refractivity contribution in [3.05, 3.63) is 53.8 Å². The van der Waals surface area contributed by atoms with Crippen molar-refractivity contribution in [1.82, 2.24) is 10.9 Å². The Morgan fingerprint density at radius 1 is 0.926 bits per heavy atom. The van der Waals surface area contributed by atoms with Crippen LogP contribution in [0.15, 0.2) is 42.5 Å². The van der Waals surface area contributed by atoms with Gasteiger partial charge in [0.15, 0.2) is 29.7 Å². The van der Waals surface area contributed by atoms with Crippen molar-refractivity contribution in [3.63, 3.8) is 0 Å². The van der Waals surface area contributed by atoms with Gasteiger partial charge in [-0.15, -0.1) is 0 Å². The predicted molar refractivity (Wildman–Crippen MR) is 96.0 cm³/mol. The number of methoxy groups -OCH3 is 2. The fraction of sp³-hybridized carbons (Fsp3) is 0.263. The summed E-state index contributed by atoms with van der Waals surface area (Å²) in [6, 6.07) is 11.1. The van der Waals surface area contributed by atoms with Crippen molar-refractivity contribution in [2.45, 2.75) is 12.8 Å². The molecule has 0 spiro atoms. The van der Waals surface area contributed by atoms with E-state index in [9.17, 15) is 14.0 Å². The zero-order valence-electron chi connectivity index (χ0n) is 15.1. The number of benzene rings is 2. The summed E-state index contributed by atoms with van der Waals surface area (Å²) in [7, 11) is 3.06. The number of rotatable bonds is 8. The third-order valence-electron chi connectivity index (χ3n) is 3.64. The van der Waals surface area contributed by atoms with E-state index in [1.807, 2.05) is 6.07 Å². The molecule has 0 fully saturated rings. The molecule has 0 saturated heterocycles. The first-order valence-corrected chi connectivity index (χ1v) is 8.20. The molecule has 2 N–H and O–H groups in total. The molecular formula is C19H21FN2O5. The average molecular weight is 376 g/mol. The first-order chi connectivity index (χ1) is 13.0.